The average molecular weight is 327 g/mol. The Morgan fingerprint density at radius 2 is 2.09 bits per heavy atom. The molecule has 3 aliphatic rings. The summed E-state index contributed by atoms with van der Waals surface area (Å²) in [5.74, 6) is 0.530. The molecule has 0 aromatic rings. The van der Waals surface area contributed by atoms with E-state index in [9.17, 15) is 18.3 Å². The van der Waals surface area contributed by atoms with E-state index in [-0.39, 0.29) is 28.7 Å². The van der Waals surface area contributed by atoms with E-state index in [0.717, 1.165) is 6.42 Å². The van der Waals surface area contributed by atoms with E-state index in [1.807, 2.05) is 12.8 Å². The van der Waals surface area contributed by atoms with Crippen LogP contribution in [-0.4, -0.2) is 62.3 Å². The highest BCUT2D eigenvalue weighted by molar-refractivity contribution is 7.91. The zero-order valence-electron chi connectivity index (χ0n) is 13.7. The van der Waals surface area contributed by atoms with Crippen LogP contribution in [0, 0.1) is 16.7 Å². The Labute approximate surface area is 133 Å². The standard InChI is InChI=1S/C15H26BNO4S/c1-14(2)10-3-4-15(14,13(19)5-10)9-22(20,21)8-11-6-12(18)7-17(11)16/h10-12,18H,3-9,16H2,1-2H3/t10?,11?,12-,15-/m1/s1. The molecule has 2 bridgehead atoms. The molecule has 3 rings (SSSR count). The minimum absolute atomic E-state index is 0.0111. The first-order chi connectivity index (χ1) is 10.1. The molecular formula is C15H26BNO4S. The van der Waals surface area contributed by atoms with Crippen molar-refractivity contribution in [2.24, 2.45) is 16.7 Å². The summed E-state index contributed by atoms with van der Waals surface area (Å²) in [6, 6.07) is -0.131. The number of aliphatic hydroxyl groups is 1. The SMILES string of the molecule is BN1C[C@H](O)CC1CS(=O)(=O)C[C@]12CCC(CC1=O)C2(C)C. The fourth-order valence-electron chi connectivity index (χ4n) is 5.08. The van der Waals surface area contributed by atoms with Crippen LogP contribution in [0.5, 0.6) is 0 Å². The second kappa shape index (κ2) is 5.05. The molecule has 7 heteroatoms. The number of hydrogen-bond donors (Lipinski definition) is 1. The predicted octanol–water partition coefficient (Wildman–Crippen LogP) is -0.220. The van der Waals surface area contributed by atoms with Crippen molar-refractivity contribution in [2.45, 2.75) is 51.7 Å². The molecule has 1 saturated heterocycles. The van der Waals surface area contributed by atoms with E-state index < -0.39 is 21.4 Å². The fourth-order valence-corrected chi connectivity index (χ4v) is 7.60. The van der Waals surface area contributed by atoms with Gasteiger partial charge in [0.05, 0.1) is 17.6 Å². The van der Waals surface area contributed by atoms with Gasteiger partial charge < -0.3 is 9.92 Å². The molecule has 2 saturated carbocycles. The Hall–Kier alpha value is -0.395. The van der Waals surface area contributed by atoms with Crippen molar-refractivity contribution in [3.63, 3.8) is 0 Å². The van der Waals surface area contributed by atoms with Crippen LogP contribution in [0.4, 0.5) is 0 Å². The van der Waals surface area contributed by atoms with Gasteiger partial charge in [0.2, 0.25) is 0 Å². The number of ketones is 1. The molecule has 0 spiro atoms. The fraction of sp³-hybridized carbons (Fsp3) is 0.933. The molecular weight excluding hydrogens is 301 g/mol. The summed E-state index contributed by atoms with van der Waals surface area (Å²) in [7, 11) is -1.47. The lowest BCUT2D eigenvalue weighted by Crippen LogP contribution is -2.44. The number of carbonyl (C=O) groups excluding carboxylic acids is 1. The topological polar surface area (TPSA) is 74.7 Å². The Balaban J connectivity index is 1.78. The molecule has 1 aliphatic heterocycles. The van der Waals surface area contributed by atoms with Crippen molar-refractivity contribution >= 4 is 23.6 Å². The number of β-amino-alcohol motifs (C(OH)–C–C–N with tert-alkyl or cyclic N) is 1. The van der Waals surface area contributed by atoms with Crippen LogP contribution in [0.1, 0.15) is 39.5 Å². The Morgan fingerprint density at radius 3 is 2.55 bits per heavy atom. The normalized spacial score (nSPS) is 41.4. The van der Waals surface area contributed by atoms with E-state index in [1.54, 1.807) is 0 Å². The third-order valence-corrected chi connectivity index (χ3v) is 8.54. The van der Waals surface area contributed by atoms with Crippen LogP contribution in [0.15, 0.2) is 0 Å². The van der Waals surface area contributed by atoms with E-state index >= 15 is 0 Å². The van der Waals surface area contributed by atoms with Crippen molar-refractivity contribution < 1.29 is 18.3 Å². The van der Waals surface area contributed by atoms with Crippen LogP contribution in [0.25, 0.3) is 0 Å². The number of carbonyl (C=O) groups is 1. The van der Waals surface area contributed by atoms with E-state index in [2.05, 4.69) is 13.8 Å². The highest BCUT2D eigenvalue weighted by Gasteiger charge is 2.65. The molecule has 22 heavy (non-hydrogen) atoms. The molecule has 124 valence electrons. The first kappa shape index (κ1) is 16.5. The Bertz CT molecular complexity index is 590. The van der Waals surface area contributed by atoms with Gasteiger partial charge in [0, 0.05) is 24.4 Å². The summed E-state index contributed by atoms with van der Waals surface area (Å²) < 4.78 is 25.5. The van der Waals surface area contributed by atoms with Gasteiger partial charge in [-0.25, -0.2) is 8.42 Å². The number of rotatable bonds is 4. The molecule has 2 aliphatic carbocycles. The van der Waals surface area contributed by atoms with E-state index in [0.29, 0.717) is 31.7 Å². The molecule has 0 radical (unpaired) electrons. The maximum absolute atomic E-state index is 12.8. The lowest BCUT2D eigenvalue weighted by molar-refractivity contribution is -0.128. The van der Waals surface area contributed by atoms with Gasteiger partial charge >= 0.3 is 0 Å². The van der Waals surface area contributed by atoms with Gasteiger partial charge in [0.15, 0.2) is 17.8 Å². The van der Waals surface area contributed by atoms with Gasteiger partial charge in [-0.3, -0.25) is 4.79 Å². The molecule has 5 nitrogen and oxygen atoms in total. The summed E-state index contributed by atoms with van der Waals surface area (Å²) >= 11 is 0. The van der Waals surface area contributed by atoms with E-state index in [4.69, 9.17) is 0 Å². The van der Waals surface area contributed by atoms with Crippen LogP contribution in [0.2, 0.25) is 0 Å². The van der Waals surface area contributed by atoms with Crippen LogP contribution >= 0.6 is 0 Å². The van der Waals surface area contributed by atoms with Crippen molar-refractivity contribution in [3.05, 3.63) is 0 Å². The zero-order valence-corrected chi connectivity index (χ0v) is 14.5. The second-order valence-corrected chi connectivity index (χ2v) is 10.3. The lowest BCUT2D eigenvalue weighted by atomic mass is 9.70. The molecule has 1 N–H and O–H groups in total. The quantitative estimate of drug-likeness (QED) is 0.723. The van der Waals surface area contributed by atoms with Crippen molar-refractivity contribution in [3.8, 4) is 0 Å². The largest absolute Gasteiger partial charge is 0.392 e. The third-order valence-electron chi connectivity index (χ3n) is 6.72. The number of sulfone groups is 1. The number of nitrogens with zero attached hydrogens (tertiary/aromatic N) is 1. The van der Waals surface area contributed by atoms with Gasteiger partial charge in [0.1, 0.15) is 5.78 Å². The molecule has 0 amide bonds. The number of Topliss-reactive ketones (excluding diaryl/α,β-unsaturated/α-hetero) is 1. The van der Waals surface area contributed by atoms with Gasteiger partial charge in [-0.05, 0) is 30.6 Å². The van der Waals surface area contributed by atoms with Crippen LogP contribution in [0.3, 0.4) is 0 Å². The molecule has 0 aromatic carbocycles. The smallest absolute Gasteiger partial charge is 0.185 e. The van der Waals surface area contributed by atoms with Crippen LogP contribution in [-0.2, 0) is 14.6 Å². The molecule has 2 unspecified atom stereocenters. The van der Waals surface area contributed by atoms with Crippen molar-refractivity contribution in [1.29, 1.82) is 0 Å². The zero-order chi connectivity index (χ0) is 16.3. The molecule has 1 heterocycles. The van der Waals surface area contributed by atoms with Crippen molar-refractivity contribution in [1.82, 2.24) is 4.81 Å². The third kappa shape index (κ3) is 2.36. The average Bonchev–Trinajstić information content (AvgIpc) is 2.85. The first-order valence-electron chi connectivity index (χ1n) is 8.19. The number of aliphatic hydroxyl groups excluding tert-OH is 1. The molecule has 4 atom stereocenters. The monoisotopic (exact) mass is 327 g/mol. The minimum atomic E-state index is -3.33. The Morgan fingerprint density at radius 1 is 1.41 bits per heavy atom. The number of hydrogen-bond acceptors (Lipinski definition) is 5. The molecule has 3 fully saturated rings. The van der Waals surface area contributed by atoms with Crippen molar-refractivity contribution in [2.75, 3.05) is 18.1 Å². The second-order valence-electron chi connectivity index (χ2n) is 8.20. The Kier molecular flexibility index (Phi) is 3.78. The first-order valence-corrected chi connectivity index (χ1v) is 10.0. The summed E-state index contributed by atoms with van der Waals surface area (Å²) in [6.45, 7) is 4.66. The minimum Gasteiger partial charge on any atom is -0.392 e. The highest BCUT2D eigenvalue weighted by atomic mass is 32.2. The van der Waals surface area contributed by atoms with Gasteiger partial charge in [-0.2, -0.15) is 0 Å². The molecule has 0 aromatic heterocycles. The van der Waals surface area contributed by atoms with Gasteiger partial charge in [-0.1, -0.05) is 13.8 Å². The number of fused-ring (bicyclic) bond motifs is 2. The van der Waals surface area contributed by atoms with Crippen LogP contribution < -0.4 is 0 Å². The van der Waals surface area contributed by atoms with Gasteiger partial charge in [0.25, 0.3) is 0 Å². The lowest BCUT2D eigenvalue weighted by Gasteiger charge is -2.36. The predicted molar refractivity (Wildman–Crippen MR) is 86.9 cm³/mol. The summed E-state index contributed by atoms with van der Waals surface area (Å²) in [4.78, 5) is 14.4. The van der Waals surface area contributed by atoms with Gasteiger partial charge in [-0.15, -0.1) is 0 Å². The summed E-state index contributed by atoms with van der Waals surface area (Å²) in [6.07, 6.45) is 2.29. The summed E-state index contributed by atoms with van der Waals surface area (Å²) in [5.41, 5.74) is -0.884. The maximum atomic E-state index is 12.8. The summed E-state index contributed by atoms with van der Waals surface area (Å²) in [5, 5.41) is 9.69. The highest BCUT2D eigenvalue weighted by Crippen LogP contribution is 2.64. The maximum Gasteiger partial charge on any atom is 0.185 e. The van der Waals surface area contributed by atoms with E-state index in [1.165, 1.54) is 0 Å².